The molecule has 1 unspecified atom stereocenters. The van der Waals surface area contributed by atoms with Gasteiger partial charge in [0.1, 0.15) is 11.6 Å². The molecule has 2 fully saturated rings. The molecule has 0 radical (unpaired) electrons. The second-order valence-corrected chi connectivity index (χ2v) is 7.30. The molecular formula is C15H26N2O2S. The molecule has 20 heavy (non-hydrogen) atoms. The number of carbonyl (C=O) groups excluding carboxylic acids is 2. The van der Waals surface area contributed by atoms with Gasteiger partial charge in [0.15, 0.2) is 0 Å². The maximum Gasteiger partial charge on any atom is 0.249 e. The van der Waals surface area contributed by atoms with E-state index in [1.807, 2.05) is 25.0 Å². The highest BCUT2D eigenvalue weighted by atomic mass is 32.2. The Morgan fingerprint density at radius 1 is 1.30 bits per heavy atom. The zero-order valence-electron chi connectivity index (χ0n) is 12.8. The Bertz CT molecular complexity index is 378. The number of nitrogens with zero attached hydrogens (tertiary/aromatic N) is 1. The van der Waals surface area contributed by atoms with Crippen molar-refractivity contribution < 1.29 is 9.59 Å². The van der Waals surface area contributed by atoms with Gasteiger partial charge in [0.05, 0.1) is 0 Å². The molecule has 1 aliphatic carbocycles. The van der Waals surface area contributed by atoms with Crippen LogP contribution in [0.5, 0.6) is 0 Å². The number of thioether (sulfide) groups is 1. The van der Waals surface area contributed by atoms with E-state index in [1.54, 1.807) is 11.8 Å². The summed E-state index contributed by atoms with van der Waals surface area (Å²) >= 11 is 1.72. The summed E-state index contributed by atoms with van der Waals surface area (Å²) < 4.78 is 0. The van der Waals surface area contributed by atoms with E-state index in [1.165, 1.54) is 6.42 Å². The summed E-state index contributed by atoms with van der Waals surface area (Å²) in [5.74, 6) is 1.24. The Kier molecular flexibility index (Phi) is 4.99. The topological polar surface area (TPSA) is 49.4 Å². The summed E-state index contributed by atoms with van der Waals surface area (Å²) in [7, 11) is 0. The first kappa shape index (κ1) is 15.7. The van der Waals surface area contributed by atoms with Crippen molar-refractivity contribution in [3.63, 3.8) is 0 Å². The van der Waals surface area contributed by atoms with Gasteiger partial charge in [0, 0.05) is 12.3 Å². The number of amides is 2. The smallest absolute Gasteiger partial charge is 0.249 e. The number of rotatable bonds is 4. The van der Waals surface area contributed by atoms with Crippen LogP contribution in [0.3, 0.4) is 0 Å². The molecule has 0 aromatic rings. The van der Waals surface area contributed by atoms with Gasteiger partial charge in [0.25, 0.3) is 0 Å². The predicted octanol–water partition coefficient (Wildman–Crippen LogP) is 2.04. The fraction of sp³-hybridized carbons (Fsp3) is 0.867. The van der Waals surface area contributed by atoms with Crippen LogP contribution >= 0.6 is 11.8 Å². The molecule has 2 amide bonds. The molecule has 0 bridgehead atoms. The largest absolute Gasteiger partial charge is 0.340 e. The highest BCUT2D eigenvalue weighted by molar-refractivity contribution is 7.98. The quantitative estimate of drug-likeness (QED) is 0.864. The van der Waals surface area contributed by atoms with Crippen LogP contribution in [-0.4, -0.2) is 46.8 Å². The maximum atomic E-state index is 13.0. The second kappa shape index (κ2) is 6.37. The van der Waals surface area contributed by atoms with Crippen LogP contribution in [0, 0.1) is 5.92 Å². The van der Waals surface area contributed by atoms with Crippen LogP contribution in [0.1, 0.15) is 46.0 Å². The first-order chi connectivity index (χ1) is 9.52. The predicted molar refractivity (Wildman–Crippen MR) is 82.7 cm³/mol. The van der Waals surface area contributed by atoms with Gasteiger partial charge in [-0.15, -0.1) is 0 Å². The van der Waals surface area contributed by atoms with Crippen molar-refractivity contribution in [1.29, 1.82) is 0 Å². The zero-order chi connectivity index (χ0) is 14.8. The molecule has 1 heterocycles. The summed E-state index contributed by atoms with van der Waals surface area (Å²) in [6, 6.07) is -0.304. The van der Waals surface area contributed by atoms with Gasteiger partial charge in [-0.3, -0.25) is 9.59 Å². The van der Waals surface area contributed by atoms with E-state index >= 15 is 0 Å². The fourth-order valence-electron chi connectivity index (χ4n) is 3.49. The van der Waals surface area contributed by atoms with Gasteiger partial charge in [-0.05, 0) is 25.0 Å². The molecule has 1 saturated carbocycles. The first-order valence-corrected chi connectivity index (χ1v) is 9.03. The van der Waals surface area contributed by atoms with Gasteiger partial charge >= 0.3 is 0 Å². The third-order valence-electron chi connectivity index (χ3n) is 4.51. The summed E-state index contributed by atoms with van der Waals surface area (Å²) in [5, 5.41) is 3.08. The average molecular weight is 298 g/mol. The van der Waals surface area contributed by atoms with Crippen molar-refractivity contribution in [2.45, 2.75) is 57.5 Å². The molecule has 0 aromatic carbocycles. The van der Waals surface area contributed by atoms with Gasteiger partial charge < -0.3 is 10.2 Å². The minimum Gasteiger partial charge on any atom is -0.340 e. The van der Waals surface area contributed by atoms with E-state index in [0.29, 0.717) is 6.54 Å². The maximum absolute atomic E-state index is 13.0. The fourth-order valence-corrected chi connectivity index (χ4v) is 3.87. The normalized spacial score (nSPS) is 26.2. The molecule has 2 aliphatic rings. The van der Waals surface area contributed by atoms with Crippen LogP contribution in [0.15, 0.2) is 0 Å². The molecule has 5 heteroatoms. The van der Waals surface area contributed by atoms with Gasteiger partial charge in [0.2, 0.25) is 11.8 Å². The van der Waals surface area contributed by atoms with Crippen molar-refractivity contribution in [3.8, 4) is 0 Å². The van der Waals surface area contributed by atoms with Gasteiger partial charge in [-0.25, -0.2) is 0 Å². The molecule has 1 saturated heterocycles. The number of hydrogen-bond acceptors (Lipinski definition) is 3. The standard InChI is InChI=1S/C15H26N2O2S/c1-11(2)12-13(18)16-15(7-5-4-6-8-15)14(19)17(12)9-10-20-3/h11-12H,4-10H2,1-3H3,(H,16,18). The zero-order valence-corrected chi connectivity index (χ0v) is 13.6. The molecule has 2 rings (SSSR count). The Hall–Kier alpha value is -0.710. The van der Waals surface area contributed by atoms with E-state index in [9.17, 15) is 9.59 Å². The third-order valence-corrected chi connectivity index (χ3v) is 5.10. The molecule has 1 N–H and O–H groups in total. The number of carbonyl (C=O) groups is 2. The molecule has 1 spiro atoms. The monoisotopic (exact) mass is 298 g/mol. The van der Waals surface area contributed by atoms with E-state index in [-0.39, 0.29) is 23.8 Å². The van der Waals surface area contributed by atoms with Crippen LogP contribution in [-0.2, 0) is 9.59 Å². The van der Waals surface area contributed by atoms with E-state index in [2.05, 4.69) is 5.32 Å². The molecule has 1 aliphatic heterocycles. The minimum atomic E-state index is -0.598. The third kappa shape index (κ3) is 2.83. The Morgan fingerprint density at radius 3 is 2.50 bits per heavy atom. The van der Waals surface area contributed by atoms with Crippen molar-refractivity contribution >= 4 is 23.6 Å². The van der Waals surface area contributed by atoms with E-state index < -0.39 is 5.54 Å². The Balaban J connectivity index is 2.25. The van der Waals surface area contributed by atoms with Crippen LogP contribution < -0.4 is 5.32 Å². The summed E-state index contributed by atoms with van der Waals surface area (Å²) in [4.78, 5) is 27.3. The van der Waals surface area contributed by atoms with Crippen LogP contribution in [0.4, 0.5) is 0 Å². The van der Waals surface area contributed by atoms with Crippen molar-refractivity contribution in [2.75, 3.05) is 18.6 Å². The summed E-state index contributed by atoms with van der Waals surface area (Å²) in [6.07, 6.45) is 6.89. The van der Waals surface area contributed by atoms with Crippen molar-refractivity contribution in [3.05, 3.63) is 0 Å². The lowest BCUT2D eigenvalue weighted by Gasteiger charge is -2.48. The number of hydrogen-bond donors (Lipinski definition) is 1. The highest BCUT2D eigenvalue weighted by Gasteiger charge is 2.51. The molecule has 1 atom stereocenters. The number of nitrogens with one attached hydrogen (secondary N) is 1. The Morgan fingerprint density at radius 2 is 1.95 bits per heavy atom. The van der Waals surface area contributed by atoms with Gasteiger partial charge in [-0.1, -0.05) is 33.1 Å². The van der Waals surface area contributed by atoms with E-state index in [0.717, 1.165) is 31.4 Å². The lowest BCUT2D eigenvalue weighted by Crippen LogP contribution is -2.72. The minimum absolute atomic E-state index is 0.0441. The lowest BCUT2D eigenvalue weighted by molar-refractivity contribution is -0.158. The highest BCUT2D eigenvalue weighted by Crippen LogP contribution is 2.34. The number of piperazine rings is 1. The Labute approximate surface area is 126 Å². The van der Waals surface area contributed by atoms with Crippen LogP contribution in [0.2, 0.25) is 0 Å². The second-order valence-electron chi connectivity index (χ2n) is 6.31. The molecule has 4 nitrogen and oxygen atoms in total. The van der Waals surface area contributed by atoms with E-state index in [4.69, 9.17) is 0 Å². The van der Waals surface area contributed by atoms with Gasteiger partial charge in [-0.2, -0.15) is 11.8 Å². The first-order valence-electron chi connectivity index (χ1n) is 7.64. The van der Waals surface area contributed by atoms with Crippen molar-refractivity contribution in [2.24, 2.45) is 5.92 Å². The SMILES string of the molecule is CSCCN1C(=O)C2(CCCCC2)NC(=O)C1C(C)C. The molecular weight excluding hydrogens is 272 g/mol. The van der Waals surface area contributed by atoms with Crippen molar-refractivity contribution in [1.82, 2.24) is 10.2 Å². The van der Waals surface area contributed by atoms with Crippen LogP contribution in [0.25, 0.3) is 0 Å². The average Bonchev–Trinajstić information content (AvgIpc) is 2.41. The summed E-state index contributed by atoms with van der Waals surface area (Å²) in [6.45, 7) is 4.71. The lowest BCUT2D eigenvalue weighted by atomic mass is 9.77. The molecule has 114 valence electrons. The summed E-state index contributed by atoms with van der Waals surface area (Å²) in [5.41, 5.74) is -0.598. The molecule has 0 aromatic heterocycles.